The lowest BCUT2D eigenvalue weighted by Crippen LogP contribution is -2.27. The van der Waals surface area contributed by atoms with Crippen LogP contribution in [0.3, 0.4) is 0 Å². The predicted octanol–water partition coefficient (Wildman–Crippen LogP) is 1.93. The standard InChI is InChI=1S/C13H9F2NO4/c1-5-4-20-8-2-7(14)10(15)9-11(8)16(5)3-6(12(9)17)13(18)19/h2-3,5H,4H2,1H3,(H,18,19)/t5-/m0/s1. The first kappa shape index (κ1) is 12.6. The fraction of sp³-hybridized carbons (Fsp3) is 0.231. The maximum absolute atomic E-state index is 13.9. The van der Waals surface area contributed by atoms with Crippen molar-refractivity contribution in [1.29, 1.82) is 0 Å². The number of nitrogens with zero attached hydrogens (tertiary/aromatic N) is 1. The number of rotatable bonds is 1. The van der Waals surface area contributed by atoms with E-state index < -0.39 is 34.0 Å². The van der Waals surface area contributed by atoms with Crippen molar-refractivity contribution in [2.75, 3.05) is 6.61 Å². The van der Waals surface area contributed by atoms with Gasteiger partial charge in [0.05, 0.1) is 16.9 Å². The van der Waals surface area contributed by atoms with Crippen LogP contribution in [0.2, 0.25) is 0 Å². The summed E-state index contributed by atoms with van der Waals surface area (Å²) in [6, 6.07) is 0.563. The number of carboxylic acids is 1. The average Bonchev–Trinajstić information content (AvgIpc) is 2.39. The SMILES string of the molecule is C[C@H]1COc2cc(F)c(F)c3c(=O)c(C(=O)O)cn1c23. The second kappa shape index (κ2) is 4.03. The van der Waals surface area contributed by atoms with E-state index in [1.807, 2.05) is 0 Å². The van der Waals surface area contributed by atoms with E-state index in [0.29, 0.717) is 0 Å². The van der Waals surface area contributed by atoms with Crippen molar-refractivity contribution in [3.63, 3.8) is 0 Å². The Morgan fingerprint density at radius 3 is 2.85 bits per heavy atom. The van der Waals surface area contributed by atoms with Crippen LogP contribution in [0.5, 0.6) is 5.75 Å². The van der Waals surface area contributed by atoms with Crippen LogP contribution in [0.25, 0.3) is 10.9 Å². The lowest BCUT2D eigenvalue weighted by molar-refractivity contribution is 0.0694. The molecule has 0 radical (unpaired) electrons. The van der Waals surface area contributed by atoms with Gasteiger partial charge in [0, 0.05) is 12.3 Å². The first-order chi connectivity index (χ1) is 9.41. The molecule has 1 aliphatic rings. The number of aromatic nitrogens is 1. The number of aromatic carboxylic acids is 1. The molecule has 0 saturated carbocycles. The molecule has 7 heteroatoms. The minimum absolute atomic E-state index is 0.0334. The molecule has 1 aromatic carbocycles. The van der Waals surface area contributed by atoms with E-state index >= 15 is 0 Å². The highest BCUT2D eigenvalue weighted by atomic mass is 19.2. The molecule has 0 saturated heterocycles. The average molecular weight is 281 g/mol. The zero-order chi connectivity index (χ0) is 14.6. The van der Waals surface area contributed by atoms with Crippen LogP contribution in [0.1, 0.15) is 23.3 Å². The molecule has 0 fully saturated rings. The van der Waals surface area contributed by atoms with Gasteiger partial charge in [-0.15, -0.1) is 0 Å². The van der Waals surface area contributed by atoms with Crippen LogP contribution in [-0.4, -0.2) is 22.2 Å². The summed E-state index contributed by atoms with van der Waals surface area (Å²) in [6.07, 6.45) is 1.14. The molecular formula is C13H9F2NO4. The molecule has 2 aromatic rings. The van der Waals surface area contributed by atoms with Crippen LogP contribution in [-0.2, 0) is 0 Å². The maximum Gasteiger partial charge on any atom is 0.341 e. The van der Waals surface area contributed by atoms with Gasteiger partial charge in [-0.25, -0.2) is 13.6 Å². The summed E-state index contributed by atoms with van der Waals surface area (Å²) in [4.78, 5) is 23.1. The Kier molecular flexibility index (Phi) is 2.53. The summed E-state index contributed by atoms with van der Waals surface area (Å²) < 4.78 is 34.1. The molecule has 0 unspecified atom stereocenters. The number of hydrogen-bond donors (Lipinski definition) is 1. The number of ether oxygens (including phenoxy) is 1. The lowest BCUT2D eigenvalue weighted by atomic mass is 10.1. The minimum atomic E-state index is -1.48. The molecular weight excluding hydrogens is 272 g/mol. The Hall–Kier alpha value is -2.44. The van der Waals surface area contributed by atoms with E-state index in [0.717, 1.165) is 12.3 Å². The van der Waals surface area contributed by atoms with E-state index in [1.165, 1.54) is 4.57 Å². The third-order valence-corrected chi connectivity index (χ3v) is 3.34. The largest absolute Gasteiger partial charge is 0.489 e. The second-order valence-electron chi connectivity index (χ2n) is 4.64. The number of hydrogen-bond acceptors (Lipinski definition) is 3. The van der Waals surface area contributed by atoms with Gasteiger partial charge in [-0.3, -0.25) is 4.79 Å². The van der Waals surface area contributed by atoms with Gasteiger partial charge in [-0.05, 0) is 6.92 Å². The molecule has 0 aliphatic carbocycles. The van der Waals surface area contributed by atoms with E-state index in [1.54, 1.807) is 6.92 Å². The summed E-state index contributed by atoms with van der Waals surface area (Å²) >= 11 is 0. The maximum atomic E-state index is 13.9. The lowest BCUT2D eigenvalue weighted by Gasteiger charge is -2.26. The van der Waals surface area contributed by atoms with Crippen molar-refractivity contribution in [1.82, 2.24) is 4.57 Å². The van der Waals surface area contributed by atoms with Gasteiger partial charge >= 0.3 is 5.97 Å². The van der Waals surface area contributed by atoms with Gasteiger partial charge in [0.15, 0.2) is 11.6 Å². The van der Waals surface area contributed by atoms with Crippen molar-refractivity contribution in [3.8, 4) is 5.75 Å². The van der Waals surface area contributed by atoms with Crippen molar-refractivity contribution in [2.45, 2.75) is 13.0 Å². The quantitative estimate of drug-likeness (QED) is 0.867. The van der Waals surface area contributed by atoms with Crippen LogP contribution in [0, 0.1) is 11.6 Å². The second-order valence-corrected chi connectivity index (χ2v) is 4.64. The zero-order valence-corrected chi connectivity index (χ0v) is 10.3. The monoisotopic (exact) mass is 281 g/mol. The summed E-state index contributed by atoms with van der Waals surface area (Å²) in [6.45, 7) is 1.90. The molecule has 20 heavy (non-hydrogen) atoms. The molecule has 0 amide bonds. The third-order valence-electron chi connectivity index (χ3n) is 3.34. The van der Waals surface area contributed by atoms with Crippen LogP contribution >= 0.6 is 0 Å². The van der Waals surface area contributed by atoms with Gasteiger partial charge in [0.25, 0.3) is 0 Å². The topological polar surface area (TPSA) is 68.5 Å². The normalized spacial score (nSPS) is 17.1. The van der Waals surface area contributed by atoms with Crippen LogP contribution in [0.15, 0.2) is 17.1 Å². The Balaban J connectivity index is 2.60. The number of carboxylic acid groups (broad SMARTS) is 1. The van der Waals surface area contributed by atoms with Crippen molar-refractivity contribution >= 4 is 16.9 Å². The fourth-order valence-corrected chi connectivity index (χ4v) is 2.35. The van der Waals surface area contributed by atoms with E-state index in [4.69, 9.17) is 9.84 Å². The number of pyridine rings is 1. The molecule has 5 nitrogen and oxygen atoms in total. The van der Waals surface area contributed by atoms with E-state index in [-0.39, 0.29) is 23.9 Å². The molecule has 2 heterocycles. The summed E-state index contributed by atoms with van der Waals surface area (Å²) in [5.74, 6) is -4.05. The van der Waals surface area contributed by atoms with E-state index in [9.17, 15) is 18.4 Å². The number of halogens is 2. The Morgan fingerprint density at radius 2 is 2.20 bits per heavy atom. The summed E-state index contributed by atoms with van der Waals surface area (Å²) in [5.41, 5.74) is -1.57. The van der Waals surface area contributed by atoms with Gasteiger partial charge in [-0.2, -0.15) is 0 Å². The molecule has 1 aromatic heterocycles. The number of carbonyl (C=O) groups is 1. The molecule has 0 spiro atoms. The van der Waals surface area contributed by atoms with E-state index in [2.05, 4.69) is 0 Å². The predicted molar refractivity (Wildman–Crippen MR) is 65.3 cm³/mol. The minimum Gasteiger partial charge on any atom is -0.489 e. The fourth-order valence-electron chi connectivity index (χ4n) is 2.35. The Morgan fingerprint density at radius 1 is 1.50 bits per heavy atom. The molecule has 1 aliphatic heterocycles. The molecule has 3 rings (SSSR count). The Labute approximate surface area is 111 Å². The van der Waals surface area contributed by atoms with Crippen LogP contribution < -0.4 is 10.2 Å². The first-order valence-electron chi connectivity index (χ1n) is 5.84. The molecule has 104 valence electrons. The van der Waals surface area contributed by atoms with Crippen molar-refractivity contribution in [3.05, 3.63) is 39.7 Å². The Bertz CT molecular complexity index is 812. The van der Waals surface area contributed by atoms with Gasteiger partial charge in [-0.1, -0.05) is 0 Å². The third kappa shape index (κ3) is 1.52. The molecule has 1 N–H and O–H groups in total. The number of benzene rings is 1. The van der Waals surface area contributed by atoms with Gasteiger partial charge < -0.3 is 14.4 Å². The van der Waals surface area contributed by atoms with Crippen molar-refractivity contribution in [2.24, 2.45) is 0 Å². The van der Waals surface area contributed by atoms with Gasteiger partial charge in [0.1, 0.15) is 17.9 Å². The first-order valence-corrected chi connectivity index (χ1v) is 5.84. The highest BCUT2D eigenvalue weighted by Gasteiger charge is 2.27. The smallest absolute Gasteiger partial charge is 0.341 e. The summed E-state index contributed by atoms with van der Waals surface area (Å²) in [5, 5.41) is 8.43. The zero-order valence-electron chi connectivity index (χ0n) is 10.3. The highest BCUT2D eigenvalue weighted by molar-refractivity contribution is 5.94. The van der Waals surface area contributed by atoms with Gasteiger partial charge in [0.2, 0.25) is 5.43 Å². The van der Waals surface area contributed by atoms with Crippen LogP contribution in [0.4, 0.5) is 8.78 Å². The van der Waals surface area contributed by atoms with Crippen molar-refractivity contribution < 1.29 is 23.4 Å². The molecule has 1 atom stereocenters. The molecule has 0 bridgehead atoms. The summed E-state index contributed by atoms with van der Waals surface area (Å²) in [7, 11) is 0. The highest BCUT2D eigenvalue weighted by Crippen LogP contribution is 2.34.